The number of nitrogen functional groups attached to an aromatic ring is 1. The fourth-order valence-electron chi connectivity index (χ4n) is 2.52. The number of hydrogen-bond donors (Lipinski definition) is 1. The van der Waals surface area contributed by atoms with Gasteiger partial charge in [0.25, 0.3) is 0 Å². The fourth-order valence-corrected chi connectivity index (χ4v) is 2.52. The van der Waals surface area contributed by atoms with Crippen LogP contribution in [-0.4, -0.2) is 50.7 Å². The van der Waals surface area contributed by atoms with Gasteiger partial charge in [0.1, 0.15) is 0 Å². The van der Waals surface area contributed by atoms with E-state index in [9.17, 15) is 4.79 Å². The van der Waals surface area contributed by atoms with Crippen LogP contribution in [0.1, 0.15) is 22.8 Å². The van der Waals surface area contributed by atoms with Gasteiger partial charge < -0.3 is 20.3 Å². The average Bonchev–Trinajstić information content (AvgIpc) is 2.44. The zero-order chi connectivity index (χ0) is 14.9. The second-order valence-corrected chi connectivity index (χ2v) is 5.49. The minimum Gasteiger partial charge on any atom is -0.465 e. The molecule has 2 N–H and O–H groups in total. The smallest absolute Gasteiger partial charge is 0.340 e. The first-order valence-corrected chi connectivity index (χ1v) is 6.87. The summed E-state index contributed by atoms with van der Waals surface area (Å²) in [5.74, 6) is -0.380. The third-order valence-electron chi connectivity index (χ3n) is 4.10. The van der Waals surface area contributed by atoms with Crippen molar-refractivity contribution in [2.75, 3.05) is 44.4 Å². The average molecular weight is 277 g/mol. The van der Waals surface area contributed by atoms with Crippen molar-refractivity contribution >= 4 is 17.3 Å². The minimum absolute atomic E-state index is 0.380. The van der Waals surface area contributed by atoms with E-state index in [1.54, 1.807) is 0 Å². The summed E-state index contributed by atoms with van der Waals surface area (Å²) < 4.78 is 4.81. The summed E-state index contributed by atoms with van der Waals surface area (Å²) in [6.45, 7) is 7.03. The Morgan fingerprint density at radius 3 is 2.70 bits per heavy atom. The molecule has 1 atom stereocenters. The van der Waals surface area contributed by atoms with Gasteiger partial charge in [-0.05, 0) is 38.6 Å². The van der Waals surface area contributed by atoms with Gasteiger partial charge in [0, 0.05) is 37.1 Å². The Balaban J connectivity index is 2.33. The lowest BCUT2D eigenvalue weighted by atomic mass is 10.0. The number of ether oxygens (including phenoxy) is 1. The molecule has 0 bridgehead atoms. The number of anilines is 2. The molecule has 1 saturated heterocycles. The van der Waals surface area contributed by atoms with Crippen LogP contribution in [0.4, 0.5) is 11.4 Å². The molecule has 1 unspecified atom stereocenters. The maximum absolute atomic E-state index is 11.8. The van der Waals surface area contributed by atoms with Crippen molar-refractivity contribution in [1.29, 1.82) is 0 Å². The van der Waals surface area contributed by atoms with Gasteiger partial charge in [-0.1, -0.05) is 0 Å². The van der Waals surface area contributed by atoms with Gasteiger partial charge in [0.15, 0.2) is 0 Å². The Labute approximate surface area is 120 Å². The zero-order valence-corrected chi connectivity index (χ0v) is 12.6. The van der Waals surface area contributed by atoms with Gasteiger partial charge in [-0.2, -0.15) is 0 Å². The van der Waals surface area contributed by atoms with Crippen LogP contribution in [0.15, 0.2) is 12.1 Å². The quantitative estimate of drug-likeness (QED) is 0.656. The van der Waals surface area contributed by atoms with E-state index in [1.165, 1.54) is 7.11 Å². The van der Waals surface area contributed by atoms with Gasteiger partial charge in [0.05, 0.1) is 12.7 Å². The van der Waals surface area contributed by atoms with E-state index >= 15 is 0 Å². The first-order valence-electron chi connectivity index (χ1n) is 6.87. The van der Waals surface area contributed by atoms with E-state index in [4.69, 9.17) is 10.5 Å². The van der Waals surface area contributed by atoms with E-state index in [0.29, 0.717) is 17.3 Å². The molecule has 1 aromatic rings. The second kappa shape index (κ2) is 5.71. The van der Waals surface area contributed by atoms with Crippen LogP contribution in [0.25, 0.3) is 0 Å². The lowest BCUT2D eigenvalue weighted by Gasteiger charge is -2.39. The minimum atomic E-state index is -0.380. The molecule has 1 aliphatic heterocycles. The summed E-state index contributed by atoms with van der Waals surface area (Å²) >= 11 is 0. The molecule has 0 aromatic heterocycles. The highest BCUT2D eigenvalue weighted by Gasteiger charge is 2.23. The molecule has 1 heterocycles. The van der Waals surface area contributed by atoms with Gasteiger partial charge in [-0.25, -0.2) is 4.79 Å². The molecule has 0 radical (unpaired) electrons. The predicted octanol–water partition coefficient (Wildman–Crippen LogP) is 1.50. The number of hydrogen-bond acceptors (Lipinski definition) is 5. The molecule has 0 saturated carbocycles. The highest BCUT2D eigenvalue weighted by atomic mass is 16.5. The number of piperazine rings is 1. The van der Waals surface area contributed by atoms with Crippen molar-refractivity contribution in [3.05, 3.63) is 23.3 Å². The first kappa shape index (κ1) is 14.7. The van der Waals surface area contributed by atoms with Crippen molar-refractivity contribution in [3.8, 4) is 0 Å². The molecule has 2 rings (SSSR count). The van der Waals surface area contributed by atoms with Crippen LogP contribution in [0, 0.1) is 6.92 Å². The molecule has 0 amide bonds. The molecule has 110 valence electrons. The Hall–Kier alpha value is -1.75. The predicted molar refractivity (Wildman–Crippen MR) is 81.2 cm³/mol. The number of likely N-dealkylation sites (N-methyl/N-ethyl adjacent to an activating group) is 1. The number of methoxy groups -OCH3 is 1. The Bertz CT molecular complexity index is 516. The van der Waals surface area contributed by atoms with Crippen LogP contribution in [0.5, 0.6) is 0 Å². The molecule has 1 aromatic carbocycles. The number of carbonyl (C=O) groups is 1. The van der Waals surface area contributed by atoms with Gasteiger partial charge in [-0.15, -0.1) is 0 Å². The van der Waals surface area contributed by atoms with E-state index in [0.717, 1.165) is 30.9 Å². The molecular weight excluding hydrogens is 254 g/mol. The summed E-state index contributed by atoms with van der Waals surface area (Å²) in [6, 6.07) is 4.37. The van der Waals surface area contributed by atoms with Crippen molar-refractivity contribution in [2.45, 2.75) is 19.9 Å². The highest BCUT2D eigenvalue weighted by molar-refractivity contribution is 5.97. The van der Waals surface area contributed by atoms with Crippen LogP contribution < -0.4 is 10.6 Å². The number of rotatable bonds is 2. The van der Waals surface area contributed by atoms with Crippen molar-refractivity contribution < 1.29 is 9.53 Å². The fraction of sp³-hybridized carbons (Fsp3) is 0.533. The summed E-state index contributed by atoms with van der Waals surface area (Å²) in [5, 5.41) is 0. The molecular formula is C15H23N3O2. The molecule has 0 aliphatic carbocycles. The Morgan fingerprint density at radius 1 is 1.40 bits per heavy atom. The number of nitrogens with zero attached hydrogens (tertiary/aromatic N) is 2. The summed E-state index contributed by atoms with van der Waals surface area (Å²) in [5.41, 5.74) is 8.89. The topological polar surface area (TPSA) is 58.8 Å². The lowest BCUT2D eigenvalue weighted by Crippen LogP contribution is -2.50. The molecule has 0 spiro atoms. The van der Waals surface area contributed by atoms with E-state index in [2.05, 4.69) is 23.8 Å². The molecule has 5 nitrogen and oxygen atoms in total. The zero-order valence-electron chi connectivity index (χ0n) is 12.6. The number of esters is 1. The number of aryl methyl sites for hydroxylation is 1. The largest absolute Gasteiger partial charge is 0.465 e. The summed E-state index contributed by atoms with van der Waals surface area (Å²) in [6.07, 6.45) is 0. The van der Waals surface area contributed by atoms with Crippen LogP contribution in [0.2, 0.25) is 0 Å². The van der Waals surface area contributed by atoms with Crippen LogP contribution in [0.3, 0.4) is 0 Å². The molecule has 20 heavy (non-hydrogen) atoms. The molecule has 1 aliphatic rings. The van der Waals surface area contributed by atoms with Gasteiger partial charge in [0.2, 0.25) is 0 Å². The lowest BCUT2D eigenvalue weighted by molar-refractivity contribution is 0.0602. The van der Waals surface area contributed by atoms with E-state index in [-0.39, 0.29) is 5.97 Å². The van der Waals surface area contributed by atoms with Gasteiger partial charge in [-0.3, -0.25) is 0 Å². The Kier molecular flexibility index (Phi) is 4.18. The SMILES string of the molecule is COC(=O)c1cc(N2CCN(C)C(C)C2)cc(C)c1N. The number of nitrogens with two attached hydrogens (primary N) is 1. The Morgan fingerprint density at radius 2 is 2.10 bits per heavy atom. The van der Waals surface area contributed by atoms with E-state index in [1.807, 2.05) is 19.1 Å². The highest BCUT2D eigenvalue weighted by Crippen LogP contribution is 2.27. The third kappa shape index (κ3) is 2.72. The van der Waals surface area contributed by atoms with Crippen molar-refractivity contribution in [2.24, 2.45) is 0 Å². The first-order chi connectivity index (χ1) is 9.43. The van der Waals surface area contributed by atoms with Crippen LogP contribution >= 0.6 is 0 Å². The number of carbonyl (C=O) groups excluding carboxylic acids is 1. The summed E-state index contributed by atoms with van der Waals surface area (Å²) in [4.78, 5) is 16.4. The maximum atomic E-state index is 11.8. The monoisotopic (exact) mass is 277 g/mol. The van der Waals surface area contributed by atoms with Crippen molar-refractivity contribution in [1.82, 2.24) is 4.90 Å². The van der Waals surface area contributed by atoms with Crippen LogP contribution in [-0.2, 0) is 4.74 Å². The summed E-state index contributed by atoms with van der Waals surface area (Å²) in [7, 11) is 3.51. The second-order valence-electron chi connectivity index (χ2n) is 5.49. The third-order valence-corrected chi connectivity index (χ3v) is 4.10. The number of benzene rings is 1. The molecule has 1 fully saturated rings. The standard InChI is InChI=1S/C15H23N3O2/c1-10-7-12(8-13(14(10)16)15(19)20-4)18-6-5-17(3)11(2)9-18/h7-8,11H,5-6,9,16H2,1-4H3. The normalized spacial score (nSPS) is 20.0. The van der Waals surface area contributed by atoms with E-state index < -0.39 is 0 Å². The van der Waals surface area contributed by atoms with Gasteiger partial charge >= 0.3 is 5.97 Å². The maximum Gasteiger partial charge on any atom is 0.340 e. The van der Waals surface area contributed by atoms with Crippen molar-refractivity contribution in [3.63, 3.8) is 0 Å². The molecule has 5 heteroatoms.